The van der Waals surface area contributed by atoms with Crippen molar-refractivity contribution in [2.75, 3.05) is 0 Å². The number of unbranched alkanes of at least 4 members (excludes halogenated alkanes) is 5. The molecule has 0 spiro atoms. The quantitative estimate of drug-likeness (QED) is 0.148. The molecule has 0 fully saturated rings. The van der Waals surface area contributed by atoms with Crippen molar-refractivity contribution >= 4 is 6.19 Å². The summed E-state index contributed by atoms with van der Waals surface area (Å²) >= 11 is 2.41. The van der Waals surface area contributed by atoms with E-state index in [-0.39, 0.29) is 31.0 Å². The first kappa shape index (κ1) is 33.6. The third-order valence-electron chi connectivity index (χ3n) is 7.14. The molecule has 0 aliphatic heterocycles. The van der Waals surface area contributed by atoms with Crippen molar-refractivity contribution in [2.24, 2.45) is 0 Å². The minimum Gasteiger partial charge on any atom is -1.00 e. The number of hydrogen-bond donors (Lipinski definition) is 0. The summed E-state index contributed by atoms with van der Waals surface area (Å²) in [6, 6.07) is 37.7. The Kier molecular flexibility index (Phi) is 15.5. The van der Waals surface area contributed by atoms with Gasteiger partial charge < -0.3 is 24.8 Å². The topological polar surface area (TPSA) is 0 Å². The van der Waals surface area contributed by atoms with Crippen molar-refractivity contribution in [3.8, 4) is 22.3 Å². The van der Waals surface area contributed by atoms with Crippen molar-refractivity contribution in [3.05, 3.63) is 119 Å². The van der Waals surface area contributed by atoms with E-state index in [1.807, 2.05) is 12.1 Å². The summed E-state index contributed by atoms with van der Waals surface area (Å²) < 4.78 is 0. The van der Waals surface area contributed by atoms with Crippen LogP contribution in [0.2, 0.25) is 12.6 Å². The van der Waals surface area contributed by atoms with Gasteiger partial charge in [-0.2, -0.15) is 59.7 Å². The van der Waals surface area contributed by atoms with Gasteiger partial charge in [0.2, 0.25) is 0 Å². The minimum absolute atomic E-state index is 0. The summed E-state index contributed by atoms with van der Waals surface area (Å²) in [5.74, 6) is 0. The monoisotopic (exact) mass is 604 g/mol. The van der Waals surface area contributed by atoms with Crippen LogP contribution in [0.25, 0.3) is 22.3 Å². The zero-order valence-corrected chi connectivity index (χ0v) is 27.3. The minimum atomic E-state index is 0. The molecule has 0 nitrogen and oxygen atoms in total. The maximum absolute atomic E-state index is 3.30. The maximum Gasteiger partial charge on any atom is -0.0253 e. The summed E-state index contributed by atoms with van der Waals surface area (Å²) in [6.07, 6.45) is 10.9. The summed E-state index contributed by atoms with van der Waals surface area (Å²) in [4.78, 5) is 0. The molecule has 0 unspecified atom stereocenters. The van der Waals surface area contributed by atoms with Gasteiger partial charge in [-0.25, -0.2) is 0 Å². The Labute approximate surface area is 261 Å². The van der Waals surface area contributed by atoms with Gasteiger partial charge in [0.05, 0.1) is 0 Å². The Hall–Kier alpha value is -1.61. The Balaban J connectivity index is 0.000000201. The van der Waals surface area contributed by atoms with Crippen LogP contribution in [0.1, 0.15) is 67.7 Å². The van der Waals surface area contributed by atoms with Gasteiger partial charge in [-0.1, -0.05) is 70.8 Å². The van der Waals surface area contributed by atoms with Gasteiger partial charge in [0.15, 0.2) is 0 Å². The smallest absolute Gasteiger partial charge is 0.0253 e. The standard InChI is InChI=1S/2C13H9.C9H20Si.2ClH.Ti/c2*1-3-7-12-10(5-1)9-11-6-2-4-8-13(11)12;1-3-4-5-6-7-8-9-10-2;;;/h2*1-5,7-8H,9H2;3-9H2,1-2H3;2*1H;/q2*-1;;;;+2/p-2. The zero-order valence-electron chi connectivity index (χ0n) is 23.2. The van der Waals surface area contributed by atoms with Crippen LogP contribution in [-0.4, -0.2) is 6.19 Å². The molecule has 0 aromatic heterocycles. The van der Waals surface area contributed by atoms with Crippen LogP contribution in [-0.2, 0) is 32.0 Å². The summed E-state index contributed by atoms with van der Waals surface area (Å²) in [5, 5.41) is 0. The molecule has 2 aliphatic rings. The molecule has 0 amide bonds. The first-order valence-electron chi connectivity index (χ1n) is 13.9. The zero-order chi connectivity index (χ0) is 25.9. The van der Waals surface area contributed by atoms with Gasteiger partial charge in [-0.3, -0.25) is 0 Å². The molecule has 6 rings (SSSR count). The molecular formula is C35H38Cl2SiTi-2. The number of benzene rings is 4. The molecular weight excluding hydrogens is 567 g/mol. The average Bonchev–Trinajstić information content (AvgIpc) is 3.50. The van der Waals surface area contributed by atoms with Crippen LogP contribution in [0, 0.1) is 12.1 Å². The third kappa shape index (κ3) is 9.76. The fourth-order valence-corrected chi connectivity index (χ4v) is 6.77. The van der Waals surface area contributed by atoms with Crippen LogP contribution in [0.3, 0.4) is 0 Å². The maximum atomic E-state index is 3.30. The molecule has 0 N–H and O–H groups in total. The number of fused-ring (bicyclic) bond motifs is 6. The Morgan fingerprint density at radius 3 is 1.54 bits per heavy atom. The fraction of sp³-hybridized carbons (Fsp3) is 0.314. The second-order valence-electron chi connectivity index (χ2n) is 10.1. The number of hydrogen-bond acceptors (Lipinski definition) is 0. The van der Waals surface area contributed by atoms with Gasteiger partial charge in [-0.15, -0.1) is 11.1 Å². The summed E-state index contributed by atoms with van der Waals surface area (Å²) in [7, 11) is 0. The first-order valence-corrected chi connectivity index (χ1v) is 18.4. The van der Waals surface area contributed by atoms with E-state index >= 15 is 0 Å². The Morgan fingerprint density at radius 1 is 0.615 bits per heavy atom. The van der Waals surface area contributed by atoms with E-state index in [0.717, 1.165) is 12.8 Å². The normalized spacial score (nSPS) is 11.1. The van der Waals surface area contributed by atoms with E-state index in [0.29, 0.717) is 0 Å². The van der Waals surface area contributed by atoms with Crippen LogP contribution >= 0.6 is 0 Å². The van der Waals surface area contributed by atoms with Crippen molar-refractivity contribution < 1.29 is 44.0 Å². The molecule has 39 heavy (non-hydrogen) atoms. The molecule has 0 radical (unpaired) electrons. The molecule has 4 aromatic carbocycles. The van der Waals surface area contributed by atoms with Crippen LogP contribution < -0.4 is 24.8 Å². The molecule has 0 heterocycles. The van der Waals surface area contributed by atoms with Crippen molar-refractivity contribution in [1.82, 2.24) is 0 Å². The Bertz CT molecular complexity index is 1140. The van der Waals surface area contributed by atoms with Crippen molar-refractivity contribution in [1.29, 1.82) is 0 Å². The van der Waals surface area contributed by atoms with Gasteiger partial charge >= 0.3 is 83.4 Å². The van der Waals surface area contributed by atoms with Gasteiger partial charge in [0.25, 0.3) is 0 Å². The first-order chi connectivity index (χ1) is 18.2. The SMILES string of the molecule is CCCCCCCC[Si](C)=[Ti+2].[Cl-].[Cl-].[c-]1cccc2c1Cc1ccccc1-2.[c-]1cccc2c1Cc1ccccc1-2. The Morgan fingerprint density at radius 2 is 1.05 bits per heavy atom. The second-order valence-corrected chi connectivity index (χ2v) is 16.1. The van der Waals surface area contributed by atoms with Gasteiger partial charge in [0, 0.05) is 0 Å². The summed E-state index contributed by atoms with van der Waals surface area (Å²) in [6.45, 7) is 4.69. The molecule has 0 atom stereocenters. The van der Waals surface area contributed by atoms with Crippen molar-refractivity contribution in [2.45, 2.75) is 70.9 Å². The van der Waals surface area contributed by atoms with E-state index in [4.69, 9.17) is 0 Å². The van der Waals surface area contributed by atoms with E-state index < -0.39 is 0 Å². The van der Waals surface area contributed by atoms with Gasteiger partial charge in [-0.05, 0) is 12.8 Å². The molecule has 202 valence electrons. The predicted molar refractivity (Wildman–Crippen MR) is 157 cm³/mol. The van der Waals surface area contributed by atoms with Crippen LogP contribution in [0.5, 0.6) is 0 Å². The van der Waals surface area contributed by atoms with E-state index in [2.05, 4.69) is 118 Å². The fourth-order valence-electron chi connectivity index (χ4n) is 5.17. The van der Waals surface area contributed by atoms with Gasteiger partial charge in [0.1, 0.15) is 0 Å². The third-order valence-corrected chi connectivity index (χ3v) is 9.41. The molecule has 2 aliphatic carbocycles. The van der Waals surface area contributed by atoms with Crippen LogP contribution in [0.15, 0.2) is 84.9 Å². The van der Waals surface area contributed by atoms with Crippen LogP contribution in [0.4, 0.5) is 0 Å². The van der Waals surface area contributed by atoms with E-state index in [1.54, 1.807) is 0 Å². The van der Waals surface area contributed by atoms with E-state index in [1.165, 1.54) is 89.1 Å². The van der Waals surface area contributed by atoms with E-state index in [9.17, 15) is 0 Å². The largest absolute Gasteiger partial charge is 1.00 e. The second kappa shape index (κ2) is 18.0. The molecule has 4 aromatic rings. The average molecular weight is 606 g/mol. The van der Waals surface area contributed by atoms with Crippen molar-refractivity contribution in [3.63, 3.8) is 0 Å². The predicted octanol–water partition coefficient (Wildman–Crippen LogP) is 3.64. The molecule has 0 bridgehead atoms. The molecule has 0 saturated heterocycles. The molecule has 0 saturated carbocycles. The molecule has 4 heteroatoms. The summed E-state index contributed by atoms with van der Waals surface area (Å²) in [5.41, 5.74) is 11.0. The number of rotatable bonds is 7. The number of halogens is 2.